The van der Waals surface area contributed by atoms with E-state index in [9.17, 15) is 18.0 Å². The topological polar surface area (TPSA) is 101 Å². The largest absolute Gasteiger partial charge is 0.369 e. The summed E-state index contributed by atoms with van der Waals surface area (Å²) < 4.78 is 26.8. The number of carbonyl (C=O) groups excluding carboxylic acids is 2. The van der Waals surface area contributed by atoms with Crippen molar-refractivity contribution in [2.45, 2.75) is 30.6 Å². The Kier molecular flexibility index (Phi) is 5.10. The molecule has 2 heterocycles. The van der Waals surface area contributed by atoms with Crippen LogP contribution in [0, 0.1) is 5.92 Å². The molecule has 0 unspecified atom stereocenters. The molecule has 0 atom stereocenters. The molecular formula is C17H23N3O4S. The van der Waals surface area contributed by atoms with Crippen LogP contribution in [0.15, 0.2) is 29.2 Å². The Morgan fingerprint density at radius 2 is 1.68 bits per heavy atom. The van der Waals surface area contributed by atoms with Crippen LogP contribution in [-0.2, 0) is 14.8 Å². The lowest BCUT2D eigenvalue weighted by Crippen LogP contribution is -2.41. The van der Waals surface area contributed by atoms with E-state index in [1.54, 1.807) is 17.0 Å². The molecule has 3 rings (SSSR count). The molecule has 8 heteroatoms. The van der Waals surface area contributed by atoms with E-state index in [1.165, 1.54) is 16.4 Å². The molecule has 2 saturated heterocycles. The average Bonchev–Trinajstić information content (AvgIpc) is 3.17. The fourth-order valence-electron chi connectivity index (χ4n) is 3.42. The second kappa shape index (κ2) is 7.13. The zero-order chi connectivity index (χ0) is 18.0. The molecule has 136 valence electrons. The van der Waals surface area contributed by atoms with Gasteiger partial charge in [0.1, 0.15) is 0 Å². The Morgan fingerprint density at radius 3 is 2.28 bits per heavy atom. The van der Waals surface area contributed by atoms with Crippen molar-refractivity contribution in [3.05, 3.63) is 29.8 Å². The molecule has 2 fully saturated rings. The Bertz CT molecular complexity index is 764. The maximum Gasteiger partial charge on any atom is 0.253 e. The van der Waals surface area contributed by atoms with Gasteiger partial charge in [-0.1, -0.05) is 6.07 Å². The summed E-state index contributed by atoms with van der Waals surface area (Å²) in [4.78, 5) is 25.7. The molecule has 0 aromatic heterocycles. The molecule has 2 N–H and O–H groups in total. The quantitative estimate of drug-likeness (QED) is 0.853. The second-order valence-corrected chi connectivity index (χ2v) is 8.55. The molecule has 0 saturated carbocycles. The van der Waals surface area contributed by atoms with Gasteiger partial charge in [0.05, 0.1) is 4.90 Å². The van der Waals surface area contributed by atoms with Crippen molar-refractivity contribution in [2.24, 2.45) is 11.7 Å². The summed E-state index contributed by atoms with van der Waals surface area (Å²) in [5.41, 5.74) is 5.67. The first kappa shape index (κ1) is 17.9. The first-order valence-corrected chi connectivity index (χ1v) is 10.0. The van der Waals surface area contributed by atoms with Crippen molar-refractivity contribution in [1.29, 1.82) is 0 Å². The molecule has 2 amide bonds. The number of amides is 2. The first-order valence-electron chi connectivity index (χ1n) is 8.58. The van der Waals surface area contributed by atoms with Gasteiger partial charge in [0.25, 0.3) is 5.91 Å². The zero-order valence-corrected chi connectivity index (χ0v) is 14.9. The highest BCUT2D eigenvalue weighted by atomic mass is 32.2. The van der Waals surface area contributed by atoms with E-state index in [4.69, 9.17) is 5.73 Å². The summed E-state index contributed by atoms with van der Waals surface area (Å²) in [6.45, 7) is 1.97. The smallest absolute Gasteiger partial charge is 0.253 e. The van der Waals surface area contributed by atoms with E-state index >= 15 is 0 Å². The summed E-state index contributed by atoms with van der Waals surface area (Å²) in [6.07, 6.45) is 2.83. The summed E-state index contributed by atoms with van der Waals surface area (Å²) in [7, 11) is -3.54. The number of nitrogens with two attached hydrogens (primary N) is 1. The van der Waals surface area contributed by atoms with E-state index in [0.29, 0.717) is 44.6 Å². The third kappa shape index (κ3) is 3.69. The van der Waals surface area contributed by atoms with Gasteiger partial charge >= 0.3 is 0 Å². The molecular weight excluding hydrogens is 342 g/mol. The Balaban J connectivity index is 1.75. The summed E-state index contributed by atoms with van der Waals surface area (Å²) in [5, 5.41) is 0. The Morgan fingerprint density at radius 1 is 1.04 bits per heavy atom. The van der Waals surface area contributed by atoms with Crippen LogP contribution in [0.5, 0.6) is 0 Å². The minimum atomic E-state index is -3.54. The van der Waals surface area contributed by atoms with Crippen molar-refractivity contribution >= 4 is 21.8 Å². The van der Waals surface area contributed by atoms with Crippen LogP contribution in [0.25, 0.3) is 0 Å². The number of likely N-dealkylation sites (tertiary alicyclic amines) is 1. The van der Waals surface area contributed by atoms with Crippen LogP contribution < -0.4 is 5.73 Å². The van der Waals surface area contributed by atoms with Crippen molar-refractivity contribution in [3.8, 4) is 0 Å². The van der Waals surface area contributed by atoms with E-state index < -0.39 is 10.0 Å². The third-order valence-electron chi connectivity index (χ3n) is 4.97. The third-order valence-corrected chi connectivity index (χ3v) is 6.86. The highest BCUT2D eigenvalue weighted by molar-refractivity contribution is 7.89. The van der Waals surface area contributed by atoms with Crippen LogP contribution in [-0.4, -0.2) is 55.6 Å². The Hall–Kier alpha value is -1.93. The van der Waals surface area contributed by atoms with Crippen LogP contribution in [0.2, 0.25) is 0 Å². The minimum Gasteiger partial charge on any atom is -0.369 e. The van der Waals surface area contributed by atoms with Gasteiger partial charge in [-0.2, -0.15) is 4.31 Å². The minimum absolute atomic E-state index is 0.160. The molecule has 0 radical (unpaired) electrons. The molecule has 0 bridgehead atoms. The summed E-state index contributed by atoms with van der Waals surface area (Å²) in [5.74, 6) is -0.724. The van der Waals surface area contributed by atoms with Crippen LogP contribution in [0.3, 0.4) is 0 Å². The fraction of sp³-hybridized carbons (Fsp3) is 0.529. The van der Waals surface area contributed by atoms with Gasteiger partial charge in [0.2, 0.25) is 15.9 Å². The molecule has 0 aliphatic carbocycles. The van der Waals surface area contributed by atoms with Gasteiger partial charge in [-0.25, -0.2) is 8.42 Å². The van der Waals surface area contributed by atoms with Crippen LogP contribution >= 0.6 is 0 Å². The number of hydrogen-bond acceptors (Lipinski definition) is 4. The van der Waals surface area contributed by atoms with E-state index in [1.807, 2.05) is 0 Å². The van der Waals surface area contributed by atoms with Gasteiger partial charge in [0, 0.05) is 37.7 Å². The number of primary amides is 1. The molecule has 2 aliphatic rings. The molecule has 2 aliphatic heterocycles. The zero-order valence-electron chi connectivity index (χ0n) is 14.1. The lowest BCUT2D eigenvalue weighted by atomic mass is 9.96. The summed E-state index contributed by atoms with van der Waals surface area (Å²) >= 11 is 0. The maximum atomic E-state index is 12.7. The van der Waals surface area contributed by atoms with E-state index in [0.717, 1.165) is 12.8 Å². The maximum absolute atomic E-state index is 12.7. The van der Waals surface area contributed by atoms with E-state index in [-0.39, 0.29) is 22.6 Å². The highest BCUT2D eigenvalue weighted by Gasteiger charge is 2.29. The molecule has 25 heavy (non-hydrogen) atoms. The Labute approximate surface area is 147 Å². The van der Waals surface area contributed by atoms with E-state index in [2.05, 4.69) is 0 Å². The number of carbonyl (C=O) groups is 2. The molecule has 7 nitrogen and oxygen atoms in total. The predicted molar refractivity (Wildman–Crippen MR) is 92.3 cm³/mol. The van der Waals surface area contributed by atoms with Gasteiger partial charge in [-0.05, 0) is 43.9 Å². The van der Waals surface area contributed by atoms with Gasteiger partial charge in [-0.15, -0.1) is 0 Å². The normalized spacial score (nSPS) is 19.9. The monoisotopic (exact) mass is 365 g/mol. The standard InChI is InChI=1S/C17H23N3O4S/c18-16(21)13-6-10-19(11-7-13)17(22)14-4-3-5-15(12-14)25(23,24)20-8-1-2-9-20/h3-5,12-13H,1-2,6-11H2,(H2,18,21). The second-order valence-electron chi connectivity index (χ2n) is 6.61. The lowest BCUT2D eigenvalue weighted by Gasteiger charge is -2.30. The van der Waals surface area contributed by atoms with Crippen LogP contribution in [0.1, 0.15) is 36.0 Å². The van der Waals surface area contributed by atoms with Crippen LogP contribution in [0.4, 0.5) is 0 Å². The van der Waals surface area contributed by atoms with Gasteiger partial charge < -0.3 is 10.6 Å². The van der Waals surface area contributed by atoms with Crippen molar-refractivity contribution < 1.29 is 18.0 Å². The average molecular weight is 365 g/mol. The number of sulfonamides is 1. The SMILES string of the molecule is NC(=O)C1CCN(C(=O)c2cccc(S(=O)(=O)N3CCCC3)c2)CC1. The molecule has 1 aromatic rings. The lowest BCUT2D eigenvalue weighted by molar-refractivity contribution is -0.123. The fourth-order valence-corrected chi connectivity index (χ4v) is 4.98. The summed E-state index contributed by atoms with van der Waals surface area (Å²) in [6, 6.07) is 6.22. The van der Waals surface area contributed by atoms with Crippen molar-refractivity contribution in [3.63, 3.8) is 0 Å². The number of benzene rings is 1. The molecule has 0 spiro atoms. The van der Waals surface area contributed by atoms with Gasteiger partial charge in [0.15, 0.2) is 0 Å². The highest BCUT2D eigenvalue weighted by Crippen LogP contribution is 2.23. The first-order chi connectivity index (χ1) is 11.9. The number of piperidine rings is 1. The number of nitrogens with zero attached hydrogens (tertiary/aromatic N) is 2. The number of hydrogen-bond donors (Lipinski definition) is 1. The van der Waals surface area contributed by atoms with Crippen molar-refractivity contribution in [2.75, 3.05) is 26.2 Å². The predicted octanol–water partition coefficient (Wildman–Crippen LogP) is 0.809. The molecule has 1 aromatic carbocycles. The number of rotatable bonds is 4. The van der Waals surface area contributed by atoms with Gasteiger partial charge in [-0.3, -0.25) is 9.59 Å². The van der Waals surface area contributed by atoms with Crippen molar-refractivity contribution in [1.82, 2.24) is 9.21 Å².